The molecule has 1 aromatic carbocycles. The van der Waals surface area contributed by atoms with Crippen molar-refractivity contribution in [1.82, 2.24) is 5.32 Å². The maximum absolute atomic E-state index is 12.2. The molecule has 1 aromatic rings. The molecule has 3 rings (SSSR count). The quantitative estimate of drug-likeness (QED) is 0.868. The van der Waals surface area contributed by atoms with E-state index in [0.29, 0.717) is 18.2 Å². The highest BCUT2D eigenvalue weighted by atomic mass is 16.6. The fraction of sp³-hybridized carbons (Fsp3) is 0.533. The highest BCUT2D eigenvalue weighted by molar-refractivity contribution is 5.91. The lowest BCUT2D eigenvalue weighted by atomic mass is 9.79. The molecule has 2 saturated heterocycles. The van der Waals surface area contributed by atoms with Crippen molar-refractivity contribution < 1.29 is 14.6 Å². The van der Waals surface area contributed by atoms with E-state index in [1.165, 1.54) is 0 Å². The van der Waals surface area contributed by atoms with Gasteiger partial charge in [0, 0.05) is 6.07 Å². The normalized spacial score (nSPS) is 27.6. The van der Waals surface area contributed by atoms with Crippen LogP contribution in [-0.4, -0.2) is 36.4 Å². The number of phenols is 1. The first kappa shape index (κ1) is 13.2. The summed E-state index contributed by atoms with van der Waals surface area (Å²) >= 11 is 0. The maximum Gasteiger partial charge on any atom is 0.415 e. The number of carbonyl (C=O) groups excluding carboxylic acids is 1. The first-order chi connectivity index (χ1) is 9.61. The van der Waals surface area contributed by atoms with Crippen LogP contribution in [0.15, 0.2) is 24.3 Å². The van der Waals surface area contributed by atoms with Crippen molar-refractivity contribution in [2.75, 3.05) is 24.6 Å². The zero-order valence-corrected chi connectivity index (χ0v) is 11.6. The molecule has 0 spiro atoms. The van der Waals surface area contributed by atoms with Crippen LogP contribution in [0.4, 0.5) is 10.5 Å². The number of nitrogens with one attached hydrogen (secondary N) is 1. The Morgan fingerprint density at radius 1 is 1.40 bits per heavy atom. The zero-order chi connectivity index (χ0) is 14.2. The van der Waals surface area contributed by atoms with Gasteiger partial charge in [-0.2, -0.15) is 0 Å². The molecule has 20 heavy (non-hydrogen) atoms. The SMILES string of the molecule is CC1(C2CCNCC2)COC(=O)N1c1cccc(O)c1. The van der Waals surface area contributed by atoms with Crippen molar-refractivity contribution >= 4 is 11.8 Å². The lowest BCUT2D eigenvalue weighted by molar-refractivity contribution is 0.156. The second kappa shape index (κ2) is 4.98. The molecule has 0 radical (unpaired) electrons. The van der Waals surface area contributed by atoms with Gasteiger partial charge in [0.25, 0.3) is 0 Å². The van der Waals surface area contributed by atoms with E-state index < -0.39 is 0 Å². The molecule has 0 bridgehead atoms. The van der Waals surface area contributed by atoms with E-state index in [1.807, 2.05) is 6.07 Å². The van der Waals surface area contributed by atoms with Crippen LogP contribution in [0.1, 0.15) is 19.8 Å². The van der Waals surface area contributed by atoms with Crippen LogP contribution >= 0.6 is 0 Å². The summed E-state index contributed by atoms with van der Waals surface area (Å²) in [5, 5.41) is 13.0. The molecule has 5 nitrogen and oxygen atoms in total. The van der Waals surface area contributed by atoms with Crippen LogP contribution in [-0.2, 0) is 4.74 Å². The molecule has 0 saturated carbocycles. The number of aromatic hydroxyl groups is 1. The number of rotatable bonds is 2. The van der Waals surface area contributed by atoms with E-state index in [4.69, 9.17) is 4.74 Å². The number of ether oxygens (including phenoxy) is 1. The molecule has 108 valence electrons. The van der Waals surface area contributed by atoms with Crippen molar-refractivity contribution in [3.63, 3.8) is 0 Å². The summed E-state index contributed by atoms with van der Waals surface area (Å²) in [6.07, 6.45) is 1.74. The Morgan fingerprint density at radius 3 is 2.85 bits per heavy atom. The lowest BCUT2D eigenvalue weighted by Crippen LogP contribution is -2.53. The molecule has 2 aliphatic heterocycles. The fourth-order valence-corrected chi connectivity index (χ4v) is 3.32. The van der Waals surface area contributed by atoms with Gasteiger partial charge in [-0.1, -0.05) is 6.07 Å². The number of phenolic OH excluding ortho intramolecular Hbond substituents is 1. The number of piperidine rings is 1. The summed E-state index contributed by atoms with van der Waals surface area (Å²) in [7, 11) is 0. The van der Waals surface area contributed by atoms with E-state index in [0.717, 1.165) is 25.9 Å². The standard InChI is InChI=1S/C15H20N2O3/c1-15(11-5-7-16-8-6-11)10-20-14(19)17(15)12-3-2-4-13(18)9-12/h2-4,9,11,16,18H,5-8,10H2,1H3. The molecule has 1 amide bonds. The molecular weight excluding hydrogens is 256 g/mol. The van der Waals surface area contributed by atoms with E-state index in [9.17, 15) is 9.90 Å². The number of benzene rings is 1. The van der Waals surface area contributed by atoms with E-state index in [1.54, 1.807) is 23.1 Å². The second-order valence-corrected chi connectivity index (χ2v) is 5.79. The highest BCUT2D eigenvalue weighted by Crippen LogP contribution is 2.40. The first-order valence-corrected chi connectivity index (χ1v) is 7.08. The average Bonchev–Trinajstić information content (AvgIpc) is 2.77. The summed E-state index contributed by atoms with van der Waals surface area (Å²) in [5.74, 6) is 0.562. The molecule has 0 aliphatic carbocycles. The zero-order valence-electron chi connectivity index (χ0n) is 11.6. The number of amides is 1. The molecule has 2 aliphatic rings. The smallest absolute Gasteiger partial charge is 0.415 e. The number of anilines is 1. The van der Waals surface area contributed by atoms with Crippen LogP contribution in [0.5, 0.6) is 5.75 Å². The van der Waals surface area contributed by atoms with Gasteiger partial charge in [0.2, 0.25) is 0 Å². The number of cyclic esters (lactones) is 1. The number of hydrogen-bond acceptors (Lipinski definition) is 4. The van der Waals surface area contributed by atoms with Gasteiger partial charge < -0.3 is 15.2 Å². The molecule has 2 heterocycles. The molecule has 2 fully saturated rings. The largest absolute Gasteiger partial charge is 0.508 e. The van der Waals surface area contributed by atoms with E-state index in [-0.39, 0.29) is 17.4 Å². The molecular formula is C15H20N2O3. The third kappa shape index (κ3) is 2.12. The third-order valence-corrected chi connectivity index (χ3v) is 4.49. The average molecular weight is 276 g/mol. The van der Waals surface area contributed by atoms with E-state index >= 15 is 0 Å². The molecule has 1 unspecified atom stereocenters. The number of nitrogens with zero attached hydrogens (tertiary/aromatic N) is 1. The van der Waals surface area contributed by atoms with Crippen LogP contribution < -0.4 is 10.2 Å². The van der Waals surface area contributed by atoms with Gasteiger partial charge in [-0.25, -0.2) is 4.79 Å². The fourth-order valence-electron chi connectivity index (χ4n) is 3.32. The van der Waals surface area contributed by atoms with Crippen molar-refractivity contribution in [3.8, 4) is 5.75 Å². The Labute approximate surface area is 118 Å². The predicted molar refractivity (Wildman–Crippen MR) is 75.9 cm³/mol. The van der Waals surface area contributed by atoms with E-state index in [2.05, 4.69) is 12.2 Å². The van der Waals surface area contributed by atoms with Gasteiger partial charge in [0.15, 0.2) is 0 Å². The molecule has 0 aromatic heterocycles. The molecule has 2 N–H and O–H groups in total. The summed E-state index contributed by atoms with van der Waals surface area (Å²) in [5.41, 5.74) is 0.362. The summed E-state index contributed by atoms with van der Waals surface area (Å²) in [4.78, 5) is 13.9. The number of carbonyl (C=O) groups is 1. The van der Waals surface area contributed by atoms with Crippen LogP contribution in [0.25, 0.3) is 0 Å². The summed E-state index contributed by atoms with van der Waals surface area (Å²) < 4.78 is 5.31. The van der Waals surface area contributed by atoms with Gasteiger partial charge in [0.05, 0.1) is 11.2 Å². The molecule has 5 heteroatoms. The Bertz CT molecular complexity index is 514. The lowest BCUT2D eigenvalue weighted by Gasteiger charge is -2.41. The minimum atomic E-state index is -0.340. The topological polar surface area (TPSA) is 61.8 Å². The second-order valence-electron chi connectivity index (χ2n) is 5.79. The van der Waals surface area contributed by atoms with Crippen molar-refractivity contribution in [3.05, 3.63) is 24.3 Å². The van der Waals surface area contributed by atoms with Gasteiger partial charge >= 0.3 is 6.09 Å². The maximum atomic E-state index is 12.2. The monoisotopic (exact) mass is 276 g/mol. The van der Waals surface area contributed by atoms with Crippen LogP contribution in [0.3, 0.4) is 0 Å². The van der Waals surface area contributed by atoms with Crippen LogP contribution in [0, 0.1) is 5.92 Å². The first-order valence-electron chi connectivity index (χ1n) is 7.08. The third-order valence-electron chi connectivity index (χ3n) is 4.49. The minimum absolute atomic E-state index is 0.162. The summed E-state index contributed by atoms with van der Waals surface area (Å²) in [6, 6.07) is 6.81. The minimum Gasteiger partial charge on any atom is -0.508 e. The van der Waals surface area contributed by atoms with Crippen molar-refractivity contribution in [2.24, 2.45) is 5.92 Å². The van der Waals surface area contributed by atoms with Gasteiger partial charge in [0.1, 0.15) is 12.4 Å². The van der Waals surface area contributed by atoms with Gasteiger partial charge in [-0.3, -0.25) is 4.90 Å². The van der Waals surface area contributed by atoms with Crippen molar-refractivity contribution in [1.29, 1.82) is 0 Å². The Hall–Kier alpha value is -1.75. The Balaban J connectivity index is 1.95. The van der Waals surface area contributed by atoms with Gasteiger partial charge in [-0.15, -0.1) is 0 Å². The molecule has 1 atom stereocenters. The Morgan fingerprint density at radius 2 is 2.15 bits per heavy atom. The van der Waals surface area contributed by atoms with Crippen molar-refractivity contribution in [2.45, 2.75) is 25.3 Å². The Kier molecular flexibility index (Phi) is 3.30. The summed E-state index contributed by atoms with van der Waals surface area (Å²) in [6.45, 7) is 4.44. The van der Waals surface area contributed by atoms with Crippen LogP contribution in [0.2, 0.25) is 0 Å². The highest BCUT2D eigenvalue weighted by Gasteiger charge is 2.49. The van der Waals surface area contributed by atoms with Gasteiger partial charge in [-0.05, 0) is 50.9 Å². The number of hydrogen-bond donors (Lipinski definition) is 2. The predicted octanol–water partition coefficient (Wildman–Crippen LogP) is 2.11.